The van der Waals surface area contributed by atoms with E-state index in [1.807, 2.05) is 0 Å². The Hall–Kier alpha value is -2.45. The van der Waals surface area contributed by atoms with Crippen LogP contribution in [0, 0.1) is 11.8 Å². The predicted molar refractivity (Wildman–Crippen MR) is 96.8 cm³/mol. The van der Waals surface area contributed by atoms with E-state index in [0.717, 1.165) is 0 Å². The summed E-state index contributed by atoms with van der Waals surface area (Å²) in [4.78, 5) is 16.6. The van der Waals surface area contributed by atoms with E-state index in [4.69, 9.17) is 0 Å². The van der Waals surface area contributed by atoms with Gasteiger partial charge in [0, 0.05) is 23.7 Å². The number of amides is 1. The molecule has 1 N–H and O–H groups in total. The highest BCUT2D eigenvalue weighted by atomic mass is 19.4. The number of halogens is 5. The maximum absolute atomic E-state index is 12.9. The van der Waals surface area contributed by atoms with Gasteiger partial charge in [-0.1, -0.05) is 6.92 Å². The van der Waals surface area contributed by atoms with Gasteiger partial charge in [0.05, 0.1) is 17.0 Å². The van der Waals surface area contributed by atoms with Gasteiger partial charge in [0.25, 0.3) is 5.91 Å². The van der Waals surface area contributed by atoms with Crippen molar-refractivity contribution in [3.63, 3.8) is 0 Å². The van der Waals surface area contributed by atoms with Gasteiger partial charge in [-0.15, -0.1) is 0 Å². The molecule has 1 aromatic carbocycles. The zero-order valence-electron chi connectivity index (χ0n) is 15.7. The van der Waals surface area contributed by atoms with E-state index in [-0.39, 0.29) is 17.7 Å². The van der Waals surface area contributed by atoms with E-state index >= 15 is 0 Å². The third-order valence-corrected chi connectivity index (χ3v) is 5.47. The van der Waals surface area contributed by atoms with Crippen LogP contribution in [0.15, 0.2) is 30.5 Å². The highest BCUT2D eigenvalue weighted by molar-refractivity contribution is 5.97. The SMILES string of the molecule is CC(C1CCC(NC(=O)c2cnc3cc(OC(F)F)ccc3c2)CC1)C(F)(F)F. The van der Waals surface area contributed by atoms with Crippen molar-refractivity contribution in [1.29, 1.82) is 0 Å². The van der Waals surface area contributed by atoms with Crippen LogP contribution < -0.4 is 10.1 Å². The Bertz CT molecular complexity index is 864. The Kier molecular flexibility index (Phi) is 6.24. The van der Waals surface area contributed by atoms with Gasteiger partial charge in [0.1, 0.15) is 5.75 Å². The molecule has 3 rings (SSSR count). The van der Waals surface area contributed by atoms with Crippen molar-refractivity contribution in [1.82, 2.24) is 10.3 Å². The van der Waals surface area contributed by atoms with Crippen molar-refractivity contribution in [2.75, 3.05) is 0 Å². The summed E-state index contributed by atoms with van der Waals surface area (Å²) in [6.45, 7) is -1.73. The molecule has 0 spiro atoms. The van der Waals surface area contributed by atoms with Gasteiger partial charge in [0.2, 0.25) is 0 Å². The van der Waals surface area contributed by atoms with Gasteiger partial charge in [-0.3, -0.25) is 9.78 Å². The van der Waals surface area contributed by atoms with E-state index in [1.165, 1.54) is 31.3 Å². The van der Waals surface area contributed by atoms with Crippen LogP contribution in [0.5, 0.6) is 5.75 Å². The monoisotopic (exact) mass is 416 g/mol. The molecule has 158 valence electrons. The Balaban J connectivity index is 1.60. The first-order valence-corrected chi connectivity index (χ1v) is 9.35. The van der Waals surface area contributed by atoms with E-state index < -0.39 is 24.6 Å². The zero-order chi connectivity index (χ0) is 21.2. The largest absolute Gasteiger partial charge is 0.435 e. The quantitative estimate of drug-likeness (QED) is 0.671. The van der Waals surface area contributed by atoms with Gasteiger partial charge in [0.15, 0.2) is 0 Å². The molecular formula is C20H21F5N2O2. The molecule has 1 heterocycles. The summed E-state index contributed by atoms with van der Waals surface area (Å²) >= 11 is 0. The van der Waals surface area contributed by atoms with Crippen LogP contribution in [0.3, 0.4) is 0 Å². The number of fused-ring (bicyclic) bond motifs is 1. The molecular weight excluding hydrogens is 395 g/mol. The molecule has 9 heteroatoms. The molecule has 29 heavy (non-hydrogen) atoms. The summed E-state index contributed by atoms with van der Waals surface area (Å²) in [7, 11) is 0. The molecule has 2 aromatic rings. The van der Waals surface area contributed by atoms with Crippen molar-refractivity contribution in [2.45, 2.75) is 51.4 Å². The second-order valence-corrected chi connectivity index (χ2v) is 7.37. The number of hydrogen-bond donors (Lipinski definition) is 1. The van der Waals surface area contributed by atoms with E-state index in [2.05, 4.69) is 15.0 Å². The smallest absolute Gasteiger partial charge is 0.391 e. The third-order valence-electron chi connectivity index (χ3n) is 5.47. The minimum Gasteiger partial charge on any atom is -0.435 e. The number of rotatable bonds is 5. The predicted octanol–water partition coefficient (Wildman–Crippen LogP) is 5.32. The molecule has 1 aliphatic rings. The van der Waals surface area contributed by atoms with Crippen LogP contribution in [0.2, 0.25) is 0 Å². The summed E-state index contributed by atoms with van der Waals surface area (Å²) in [5, 5.41) is 3.44. The molecule has 0 bridgehead atoms. The molecule has 1 fully saturated rings. The Labute approximate surface area is 164 Å². The molecule has 1 aliphatic carbocycles. The Morgan fingerprint density at radius 1 is 1.17 bits per heavy atom. The second-order valence-electron chi connectivity index (χ2n) is 7.37. The van der Waals surface area contributed by atoms with Crippen molar-refractivity contribution in [3.8, 4) is 5.75 Å². The number of nitrogens with one attached hydrogen (secondary N) is 1. The van der Waals surface area contributed by atoms with Crippen molar-refractivity contribution < 1.29 is 31.5 Å². The number of carbonyl (C=O) groups excluding carboxylic acids is 1. The average molecular weight is 416 g/mol. The van der Waals surface area contributed by atoms with Crippen LogP contribution >= 0.6 is 0 Å². The molecule has 0 saturated heterocycles. The van der Waals surface area contributed by atoms with Gasteiger partial charge < -0.3 is 10.1 Å². The number of nitrogens with zero attached hydrogens (tertiary/aromatic N) is 1. The molecule has 0 aliphatic heterocycles. The number of hydrogen-bond acceptors (Lipinski definition) is 3. The molecule has 1 unspecified atom stereocenters. The fourth-order valence-electron chi connectivity index (χ4n) is 3.70. The number of carbonyl (C=O) groups is 1. The van der Waals surface area contributed by atoms with Crippen molar-refractivity contribution >= 4 is 16.8 Å². The number of alkyl halides is 5. The number of ether oxygens (including phenoxy) is 1. The molecule has 1 aromatic heterocycles. The normalized spacial score (nSPS) is 21.2. The molecule has 1 saturated carbocycles. The van der Waals surface area contributed by atoms with Gasteiger partial charge in [-0.2, -0.15) is 22.0 Å². The van der Waals surface area contributed by atoms with Gasteiger partial charge in [-0.05, 0) is 49.8 Å². The minimum atomic E-state index is -4.20. The fraction of sp³-hybridized carbons (Fsp3) is 0.500. The van der Waals surface area contributed by atoms with Crippen LogP contribution in [0.1, 0.15) is 43.0 Å². The number of benzene rings is 1. The fourth-order valence-corrected chi connectivity index (χ4v) is 3.70. The summed E-state index contributed by atoms with van der Waals surface area (Å²) in [5.74, 6) is -2.15. The standard InChI is InChI=1S/C20H21F5N2O2/c1-11(20(23,24)25)12-2-5-15(6-3-12)27-18(28)14-8-13-4-7-16(29-19(21)22)9-17(13)26-10-14/h4,7-12,15,19H,2-3,5-6H2,1H3,(H,27,28). The van der Waals surface area contributed by atoms with Crippen molar-refractivity contribution in [3.05, 3.63) is 36.0 Å². The lowest BCUT2D eigenvalue weighted by molar-refractivity contribution is -0.186. The average Bonchev–Trinajstić information content (AvgIpc) is 2.66. The van der Waals surface area contributed by atoms with Crippen molar-refractivity contribution in [2.24, 2.45) is 11.8 Å². The summed E-state index contributed by atoms with van der Waals surface area (Å²) in [6.07, 6.45) is -1.06. The highest BCUT2D eigenvalue weighted by Gasteiger charge is 2.42. The Morgan fingerprint density at radius 3 is 2.48 bits per heavy atom. The first kappa shape index (κ1) is 21.3. The third kappa shape index (κ3) is 5.33. The van der Waals surface area contributed by atoms with E-state index in [9.17, 15) is 26.7 Å². The maximum Gasteiger partial charge on any atom is 0.391 e. The van der Waals surface area contributed by atoms with Crippen LogP contribution in [-0.4, -0.2) is 29.7 Å². The maximum atomic E-state index is 12.9. The lowest BCUT2D eigenvalue weighted by atomic mass is 9.78. The Morgan fingerprint density at radius 2 is 1.86 bits per heavy atom. The molecule has 1 atom stereocenters. The second kappa shape index (κ2) is 8.51. The minimum absolute atomic E-state index is 0.0259. The first-order chi connectivity index (χ1) is 13.6. The molecule has 4 nitrogen and oxygen atoms in total. The highest BCUT2D eigenvalue weighted by Crippen LogP contribution is 2.39. The van der Waals surface area contributed by atoms with E-state index in [0.29, 0.717) is 42.1 Å². The molecule has 1 amide bonds. The summed E-state index contributed by atoms with van der Waals surface area (Å²) < 4.78 is 67.5. The first-order valence-electron chi connectivity index (χ1n) is 9.35. The lowest BCUT2D eigenvalue weighted by Crippen LogP contribution is -2.40. The van der Waals surface area contributed by atoms with Gasteiger partial charge in [-0.25, -0.2) is 0 Å². The topological polar surface area (TPSA) is 51.2 Å². The zero-order valence-corrected chi connectivity index (χ0v) is 15.7. The number of pyridine rings is 1. The van der Waals surface area contributed by atoms with Crippen LogP contribution in [0.4, 0.5) is 22.0 Å². The summed E-state index contributed by atoms with van der Waals surface area (Å²) in [5.41, 5.74) is 0.701. The van der Waals surface area contributed by atoms with Crippen LogP contribution in [0.25, 0.3) is 10.9 Å². The number of aromatic nitrogens is 1. The van der Waals surface area contributed by atoms with Gasteiger partial charge >= 0.3 is 12.8 Å². The van der Waals surface area contributed by atoms with E-state index in [1.54, 1.807) is 6.07 Å². The summed E-state index contributed by atoms with van der Waals surface area (Å²) in [6, 6.07) is 5.64. The lowest BCUT2D eigenvalue weighted by Gasteiger charge is -2.33. The molecule has 0 radical (unpaired) electrons. The van der Waals surface area contributed by atoms with Crippen LogP contribution in [-0.2, 0) is 0 Å².